The molecule has 0 aliphatic rings. The van der Waals surface area contributed by atoms with Crippen molar-refractivity contribution in [2.45, 2.75) is 0 Å². The molecule has 0 fully saturated rings. The van der Waals surface area contributed by atoms with Gasteiger partial charge in [0.05, 0.1) is 0 Å². The molecule has 0 heterocycles. The van der Waals surface area contributed by atoms with E-state index in [0.29, 0.717) is 0 Å². The van der Waals surface area contributed by atoms with Crippen LogP contribution >= 0.6 is 0 Å². The van der Waals surface area contributed by atoms with E-state index in [9.17, 15) is 0 Å². The van der Waals surface area contributed by atoms with Gasteiger partial charge in [0.2, 0.25) is 0 Å². The summed E-state index contributed by atoms with van der Waals surface area (Å²) in [7, 11) is 1.71. The summed E-state index contributed by atoms with van der Waals surface area (Å²) in [5.41, 5.74) is 1.13. The predicted octanol–water partition coefficient (Wildman–Crippen LogP) is 2.00. The minimum atomic E-state index is 1.13. The lowest BCUT2D eigenvalue weighted by molar-refractivity contribution is 1.49. The fourth-order valence-corrected chi connectivity index (χ4v) is 0.688. The van der Waals surface area contributed by atoms with E-state index in [4.69, 9.17) is 0 Å². The van der Waals surface area contributed by atoms with Crippen LogP contribution in [0.25, 0.3) is 6.08 Å². The van der Waals surface area contributed by atoms with E-state index in [-0.39, 0.29) is 0 Å². The third-order valence-electron chi connectivity index (χ3n) is 1.16. The Balaban J connectivity index is 2.87. The van der Waals surface area contributed by atoms with Crippen LogP contribution in [-0.4, -0.2) is 12.9 Å². The molecule has 0 aromatic heterocycles. The van der Waals surface area contributed by atoms with Crippen molar-refractivity contribution in [3.63, 3.8) is 0 Å². The maximum absolute atomic E-state index is 3.73. The monoisotopic (exact) mass is 131 g/mol. The largest absolute Gasteiger partial charge is 0.246 e. The highest BCUT2D eigenvalue weighted by molar-refractivity contribution is 5.77. The van der Waals surface area contributed by atoms with Crippen molar-refractivity contribution >= 4 is 11.9 Å². The number of hydrogen-bond acceptors (Lipinski definition) is 1. The van der Waals surface area contributed by atoms with Gasteiger partial charge >= 0.3 is 0 Å². The van der Waals surface area contributed by atoms with Crippen molar-refractivity contribution in [2.75, 3.05) is 7.05 Å². The zero-order valence-corrected chi connectivity index (χ0v) is 5.91. The Morgan fingerprint density at radius 3 is 2.60 bits per heavy atom. The second-order valence-electron chi connectivity index (χ2n) is 1.91. The lowest BCUT2D eigenvalue weighted by atomic mass is 10.2. The van der Waals surface area contributed by atoms with Crippen molar-refractivity contribution in [3.05, 3.63) is 35.9 Å². The molecule has 10 heavy (non-hydrogen) atoms. The van der Waals surface area contributed by atoms with Gasteiger partial charge in [-0.15, -0.1) is 0 Å². The van der Waals surface area contributed by atoms with E-state index < -0.39 is 0 Å². The molecule has 1 rings (SSSR count). The van der Waals surface area contributed by atoms with Gasteiger partial charge in [-0.1, -0.05) is 30.3 Å². The van der Waals surface area contributed by atoms with Crippen molar-refractivity contribution in [1.29, 1.82) is 0 Å². The van der Waals surface area contributed by atoms with Gasteiger partial charge in [-0.25, -0.2) is 4.99 Å². The van der Waals surface area contributed by atoms with Gasteiger partial charge in [-0.3, -0.25) is 0 Å². The SMILES string of the molecule is CN=C=Cc1ccccc1. The first-order chi connectivity index (χ1) is 4.93. The van der Waals surface area contributed by atoms with Gasteiger partial charge in [0, 0.05) is 13.1 Å². The molecule has 1 aromatic carbocycles. The van der Waals surface area contributed by atoms with E-state index in [0.717, 1.165) is 5.56 Å². The number of rotatable bonds is 1. The topological polar surface area (TPSA) is 12.4 Å². The smallest absolute Gasteiger partial charge is 0.0372 e. The Morgan fingerprint density at radius 2 is 2.00 bits per heavy atom. The lowest BCUT2D eigenvalue weighted by Crippen LogP contribution is -1.67. The summed E-state index contributed by atoms with van der Waals surface area (Å²) in [6.07, 6.45) is 1.85. The summed E-state index contributed by atoms with van der Waals surface area (Å²) < 4.78 is 0. The number of benzene rings is 1. The van der Waals surface area contributed by atoms with E-state index in [1.807, 2.05) is 36.4 Å². The summed E-state index contributed by atoms with van der Waals surface area (Å²) in [6.45, 7) is 0. The average Bonchev–Trinajstić information content (AvgIpc) is 2.03. The van der Waals surface area contributed by atoms with E-state index in [1.54, 1.807) is 7.05 Å². The molecule has 0 atom stereocenters. The molecule has 1 aromatic rings. The zero-order chi connectivity index (χ0) is 7.23. The van der Waals surface area contributed by atoms with Gasteiger partial charge < -0.3 is 0 Å². The zero-order valence-electron chi connectivity index (χ0n) is 5.91. The summed E-state index contributed by atoms with van der Waals surface area (Å²) in [6, 6.07) is 9.99. The number of aliphatic imine (C=N–C) groups is 1. The molecule has 0 radical (unpaired) electrons. The fraction of sp³-hybridized carbons (Fsp3) is 0.111. The van der Waals surface area contributed by atoms with Crippen LogP contribution in [-0.2, 0) is 0 Å². The minimum absolute atomic E-state index is 1.13. The van der Waals surface area contributed by atoms with Crippen LogP contribution in [0.1, 0.15) is 5.56 Å². The Hall–Kier alpha value is -1.33. The van der Waals surface area contributed by atoms with Crippen LogP contribution in [0.15, 0.2) is 35.3 Å². The molecule has 0 bridgehead atoms. The first kappa shape index (κ1) is 6.79. The average molecular weight is 131 g/mol. The van der Waals surface area contributed by atoms with Crippen LogP contribution in [0.4, 0.5) is 0 Å². The number of nitrogens with zero attached hydrogens (tertiary/aromatic N) is 1. The Morgan fingerprint density at radius 1 is 1.30 bits per heavy atom. The van der Waals surface area contributed by atoms with Gasteiger partial charge in [0.15, 0.2) is 0 Å². The molecule has 1 heteroatoms. The molecule has 0 aliphatic carbocycles. The molecule has 0 amide bonds. The summed E-state index contributed by atoms with van der Waals surface area (Å²) in [5.74, 6) is 2.76. The predicted molar refractivity (Wildman–Crippen MR) is 44.3 cm³/mol. The van der Waals surface area contributed by atoms with Crippen LogP contribution < -0.4 is 0 Å². The third-order valence-corrected chi connectivity index (χ3v) is 1.16. The molecule has 0 spiro atoms. The molecule has 1 nitrogen and oxygen atoms in total. The molecule has 0 unspecified atom stereocenters. The highest BCUT2D eigenvalue weighted by Crippen LogP contribution is 1.97. The molecule has 0 N–H and O–H groups in total. The first-order valence-electron chi connectivity index (χ1n) is 3.16. The molecule has 0 saturated heterocycles. The second-order valence-corrected chi connectivity index (χ2v) is 1.91. The molecule has 50 valence electrons. The highest BCUT2D eigenvalue weighted by Gasteiger charge is 1.78. The Labute approximate surface area is 60.7 Å². The third kappa shape index (κ3) is 1.88. The van der Waals surface area contributed by atoms with Gasteiger partial charge in [0.1, 0.15) is 0 Å². The normalized spacial score (nSPS) is 8.10. The highest BCUT2D eigenvalue weighted by atomic mass is 14.6. The Kier molecular flexibility index (Phi) is 2.48. The van der Waals surface area contributed by atoms with Crippen LogP contribution in [0.3, 0.4) is 0 Å². The van der Waals surface area contributed by atoms with Gasteiger partial charge in [-0.05, 0) is 11.4 Å². The quantitative estimate of drug-likeness (QED) is 0.517. The van der Waals surface area contributed by atoms with Crippen molar-refractivity contribution in [2.24, 2.45) is 4.99 Å². The first-order valence-corrected chi connectivity index (χ1v) is 3.16. The fourth-order valence-electron chi connectivity index (χ4n) is 0.688. The summed E-state index contributed by atoms with van der Waals surface area (Å²) in [5, 5.41) is 0. The van der Waals surface area contributed by atoms with Crippen LogP contribution in [0, 0.1) is 0 Å². The van der Waals surface area contributed by atoms with E-state index >= 15 is 0 Å². The van der Waals surface area contributed by atoms with Crippen molar-refractivity contribution in [3.8, 4) is 0 Å². The lowest BCUT2D eigenvalue weighted by Gasteiger charge is -1.85. The molecule has 0 saturated carbocycles. The van der Waals surface area contributed by atoms with Gasteiger partial charge in [-0.2, -0.15) is 0 Å². The maximum atomic E-state index is 3.73. The van der Waals surface area contributed by atoms with Gasteiger partial charge in [0.25, 0.3) is 0 Å². The molecular weight excluding hydrogens is 122 g/mol. The summed E-state index contributed by atoms with van der Waals surface area (Å²) in [4.78, 5) is 3.73. The molecule has 0 aliphatic heterocycles. The summed E-state index contributed by atoms with van der Waals surface area (Å²) >= 11 is 0. The maximum Gasteiger partial charge on any atom is 0.0372 e. The Bertz CT molecular complexity index is 243. The van der Waals surface area contributed by atoms with E-state index in [1.165, 1.54) is 0 Å². The minimum Gasteiger partial charge on any atom is -0.246 e. The van der Waals surface area contributed by atoms with Crippen LogP contribution in [0.2, 0.25) is 0 Å². The molecular formula is C9H9N. The standard InChI is InChI=1S/C9H9N/c1-10-8-7-9-5-3-2-4-6-9/h2-7H,1H3. The number of hydrogen-bond donors (Lipinski definition) is 0. The van der Waals surface area contributed by atoms with E-state index in [2.05, 4.69) is 10.9 Å². The van der Waals surface area contributed by atoms with Crippen LogP contribution in [0.5, 0.6) is 0 Å². The second kappa shape index (κ2) is 3.65. The van der Waals surface area contributed by atoms with Crippen molar-refractivity contribution < 1.29 is 0 Å². The van der Waals surface area contributed by atoms with Crippen molar-refractivity contribution in [1.82, 2.24) is 0 Å².